The highest BCUT2D eigenvalue weighted by molar-refractivity contribution is 7.98. The van der Waals surface area contributed by atoms with Gasteiger partial charge in [0.15, 0.2) is 0 Å². The number of pyridine rings is 1. The number of para-hydroxylation sites is 1. The van der Waals surface area contributed by atoms with Gasteiger partial charge in [-0.1, -0.05) is 36.0 Å². The first-order chi connectivity index (χ1) is 11.8. The first kappa shape index (κ1) is 14.8. The summed E-state index contributed by atoms with van der Waals surface area (Å²) in [6, 6.07) is 14.1. The lowest BCUT2D eigenvalue weighted by Gasteiger charge is -2.08. The molecule has 0 radical (unpaired) electrons. The van der Waals surface area contributed by atoms with E-state index in [4.69, 9.17) is 0 Å². The molecule has 0 bridgehead atoms. The third-order valence-electron chi connectivity index (χ3n) is 3.75. The molecule has 0 aliphatic heterocycles. The zero-order valence-corrected chi connectivity index (χ0v) is 13.9. The zero-order valence-electron chi connectivity index (χ0n) is 13.1. The Kier molecular flexibility index (Phi) is 3.96. The van der Waals surface area contributed by atoms with Gasteiger partial charge in [-0.3, -0.25) is 4.98 Å². The van der Waals surface area contributed by atoms with Crippen LogP contribution in [0.15, 0.2) is 66.1 Å². The topological polar surface area (TPSA) is 56.5 Å². The van der Waals surface area contributed by atoms with Crippen LogP contribution in [0.2, 0.25) is 0 Å². The van der Waals surface area contributed by atoms with Crippen LogP contribution in [-0.2, 0) is 5.75 Å². The lowest BCUT2D eigenvalue weighted by atomic mass is 10.3. The van der Waals surface area contributed by atoms with Gasteiger partial charge in [-0.25, -0.2) is 4.68 Å². The lowest BCUT2D eigenvalue weighted by Crippen LogP contribution is -2.00. The van der Waals surface area contributed by atoms with Crippen molar-refractivity contribution < 1.29 is 0 Å². The fourth-order valence-electron chi connectivity index (χ4n) is 2.54. The van der Waals surface area contributed by atoms with Crippen LogP contribution in [0.5, 0.6) is 0 Å². The first-order valence-electron chi connectivity index (χ1n) is 7.61. The zero-order chi connectivity index (χ0) is 16.4. The van der Waals surface area contributed by atoms with Crippen LogP contribution in [-0.4, -0.2) is 25.0 Å². The van der Waals surface area contributed by atoms with Crippen LogP contribution in [0.4, 0.5) is 0 Å². The van der Waals surface area contributed by atoms with Gasteiger partial charge in [-0.05, 0) is 30.7 Å². The Morgan fingerprint density at radius 3 is 2.67 bits per heavy atom. The maximum absolute atomic E-state index is 4.55. The fraction of sp³-hybridized carbons (Fsp3) is 0.111. The predicted molar refractivity (Wildman–Crippen MR) is 95.2 cm³/mol. The van der Waals surface area contributed by atoms with Crippen molar-refractivity contribution in [1.82, 2.24) is 25.0 Å². The standard InChI is InChI=1S/C18H15N5S/c1-13-16-11-20-23(15-7-3-2-4-8-15)17(16)18(22-21-13)24-12-14-6-5-9-19-10-14/h2-11H,12H2,1H3. The van der Waals surface area contributed by atoms with E-state index in [0.29, 0.717) is 0 Å². The Hall–Kier alpha value is -2.73. The molecule has 0 saturated carbocycles. The molecular weight excluding hydrogens is 318 g/mol. The van der Waals surface area contributed by atoms with Crippen molar-refractivity contribution in [3.63, 3.8) is 0 Å². The monoisotopic (exact) mass is 333 g/mol. The van der Waals surface area contributed by atoms with Crippen molar-refractivity contribution in [2.24, 2.45) is 0 Å². The predicted octanol–water partition coefficient (Wildman–Crippen LogP) is 3.81. The van der Waals surface area contributed by atoms with Gasteiger partial charge in [0.2, 0.25) is 0 Å². The molecule has 4 rings (SSSR count). The van der Waals surface area contributed by atoms with Crippen LogP contribution in [0.3, 0.4) is 0 Å². The van der Waals surface area contributed by atoms with Crippen molar-refractivity contribution in [3.05, 3.63) is 72.3 Å². The van der Waals surface area contributed by atoms with Gasteiger partial charge in [0.1, 0.15) is 10.5 Å². The summed E-state index contributed by atoms with van der Waals surface area (Å²) in [7, 11) is 0. The van der Waals surface area contributed by atoms with Gasteiger partial charge in [0.05, 0.1) is 17.6 Å². The van der Waals surface area contributed by atoms with Gasteiger partial charge >= 0.3 is 0 Å². The van der Waals surface area contributed by atoms with E-state index in [9.17, 15) is 0 Å². The maximum atomic E-state index is 4.55. The third kappa shape index (κ3) is 2.76. The quantitative estimate of drug-likeness (QED) is 0.532. The second-order valence-electron chi connectivity index (χ2n) is 5.39. The second kappa shape index (κ2) is 6.41. The van der Waals surface area contributed by atoms with Crippen LogP contribution in [0.1, 0.15) is 11.3 Å². The average molecular weight is 333 g/mol. The molecule has 0 spiro atoms. The van der Waals surface area contributed by atoms with E-state index in [1.54, 1.807) is 18.0 Å². The summed E-state index contributed by atoms with van der Waals surface area (Å²) in [4.78, 5) is 4.16. The van der Waals surface area contributed by atoms with E-state index in [1.807, 2.05) is 60.4 Å². The Morgan fingerprint density at radius 2 is 1.88 bits per heavy atom. The van der Waals surface area contributed by atoms with E-state index < -0.39 is 0 Å². The van der Waals surface area contributed by atoms with E-state index in [2.05, 4.69) is 26.3 Å². The molecule has 0 aliphatic carbocycles. The highest BCUT2D eigenvalue weighted by Crippen LogP contribution is 2.30. The van der Waals surface area contributed by atoms with Gasteiger partial charge < -0.3 is 0 Å². The number of fused-ring (bicyclic) bond motifs is 1. The molecule has 0 N–H and O–H groups in total. The Morgan fingerprint density at radius 1 is 1.00 bits per heavy atom. The Labute approximate surface area is 143 Å². The number of nitrogens with zero attached hydrogens (tertiary/aromatic N) is 5. The molecule has 24 heavy (non-hydrogen) atoms. The van der Waals surface area contributed by atoms with E-state index in [0.717, 1.165) is 38.6 Å². The molecule has 4 aromatic rings. The van der Waals surface area contributed by atoms with Crippen LogP contribution < -0.4 is 0 Å². The molecular formula is C18H15N5S. The molecule has 0 saturated heterocycles. The molecule has 0 aliphatic rings. The van der Waals surface area contributed by atoms with Gasteiger partial charge in [-0.15, -0.1) is 5.10 Å². The lowest BCUT2D eigenvalue weighted by molar-refractivity contribution is 0.868. The van der Waals surface area contributed by atoms with Crippen molar-refractivity contribution in [3.8, 4) is 5.69 Å². The molecule has 0 amide bonds. The third-order valence-corrected chi connectivity index (χ3v) is 4.78. The summed E-state index contributed by atoms with van der Waals surface area (Å²) in [6.07, 6.45) is 5.52. The van der Waals surface area contributed by atoms with Crippen molar-refractivity contribution in [1.29, 1.82) is 0 Å². The normalized spacial score (nSPS) is 11.0. The molecule has 0 fully saturated rings. The Bertz CT molecular complexity index is 967. The van der Waals surface area contributed by atoms with Gasteiger partial charge in [-0.2, -0.15) is 10.2 Å². The number of hydrogen-bond acceptors (Lipinski definition) is 5. The number of hydrogen-bond donors (Lipinski definition) is 0. The first-order valence-corrected chi connectivity index (χ1v) is 8.59. The molecule has 118 valence electrons. The minimum Gasteiger partial charge on any atom is -0.264 e. The van der Waals surface area contributed by atoms with Crippen molar-refractivity contribution in [2.45, 2.75) is 17.7 Å². The van der Waals surface area contributed by atoms with E-state index in [1.165, 1.54) is 0 Å². The van der Waals surface area contributed by atoms with Crippen molar-refractivity contribution in [2.75, 3.05) is 0 Å². The summed E-state index contributed by atoms with van der Waals surface area (Å²) in [5.74, 6) is 0.792. The average Bonchev–Trinajstić information content (AvgIpc) is 3.09. The van der Waals surface area contributed by atoms with E-state index >= 15 is 0 Å². The number of benzene rings is 1. The molecule has 5 nitrogen and oxygen atoms in total. The number of aryl methyl sites for hydroxylation is 1. The number of rotatable bonds is 4. The fourth-order valence-corrected chi connectivity index (χ4v) is 3.44. The molecule has 3 aromatic heterocycles. The molecule has 3 heterocycles. The molecule has 6 heteroatoms. The van der Waals surface area contributed by atoms with Gasteiger partial charge in [0, 0.05) is 23.5 Å². The second-order valence-corrected chi connectivity index (χ2v) is 6.36. The van der Waals surface area contributed by atoms with E-state index in [-0.39, 0.29) is 0 Å². The van der Waals surface area contributed by atoms with Crippen LogP contribution >= 0.6 is 11.8 Å². The van der Waals surface area contributed by atoms with Gasteiger partial charge in [0.25, 0.3) is 0 Å². The summed E-state index contributed by atoms with van der Waals surface area (Å²) < 4.78 is 1.93. The molecule has 0 unspecified atom stereocenters. The summed E-state index contributed by atoms with van der Waals surface area (Å²) in [6.45, 7) is 1.96. The smallest absolute Gasteiger partial charge is 0.146 e. The Balaban J connectivity index is 1.78. The number of thioether (sulfide) groups is 1. The summed E-state index contributed by atoms with van der Waals surface area (Å²) >= 11 is 1.65. The largest absolute Gasteiger partial charge is 0.264 e. The summed E-state index contributed by atoms with van der Waals surface area (Å²) in [5.41, 5.74) is 4.06. The van der Waals surface area contributed by atoms with Crippen LogP contribution in [0, 0.1) is 6.92 Å². The minimum atomic E-state index is 0.792. The molecule has 1 aromatic carbocycles. The summed E-state index contributed by atoms with van der Waals surface area (Å²) in [5, 5.41) is 15.2. The minimum absolute atomic E-state index is 0.792. The molecule has 0 atom stereocenters. The SMILES string of the molecule is Cc1nnc(SCc2cccnc2)c2c1cnn2-c1ccccc1. The van der Waals surface area contributed by atoms with Crippen molar-refractivity contribution >= 4 is 22.7 Å². The highest BCUT2D eigenvalue weighted by Gasteiger charge is 2.14. The maximum Gasteiger partial charge on any atom is 0.146 e. The van der Waals surface area contributed by atoms with Crippen LogP contribution in [0.25, 0.3) is 16.6 Å². The highest BCUT2D eigenvalue weighted by atomic mass is 32.2. The number of aromatic nitrogens is 5.